The van der Waals surface area contributed by atoms with E-state index in [0.29, 0.717) is 22.0 Å². The van der Waals surface area contributed by atoms with Crippen molar-refractivity contribution in [2.45, 2.75) is 6.42 Å². The molecule has 2 aromatic rings. The summed E-state index contributed by atoms with van der Waals surface area (Å²) < 4.78 is 5.69. The maximum absolute atomic E-state index is 11.5. The summed E-state index contributed by atoms with van der Waals surface area (Å²) >= 11 is 0.869. The van der Waals surface area contributed by atoms with Crippen molar-refractivity contribution in [2.24, 2.45) is 0 Å². The van der Waals surface area contributed by atoms with Crippen molar-refractivity contribution in [1.29, 1.82) is 0 Å². The van der Waals surface area contributed by atoms with E-state index in [1.54, 1.807) is 54.6 Å². The van der Waals surface area contributed by atoms with Gasteiger partial charge in [-0.15, -0.1) is 0 Å². The summed E-state index contributed by atoms with van der Waals surface area (Å²) in [7, 11) is 0. The van der Waals surface area contributed by atoms with E-state index < -0.39 is 11.9 Å². The Morgan fingerprint density at radius 2 is 1.64 bits per heavy atom. The molecule has 3 rings (SSSR count). The highest BCUT2D eigenvalue weighted by atomic mass is 32.2. The lowest BCUT2D eigenvalue weighted by Gasteiger charge is -2.07. The Labute approximate surface area is 147 Å². The first kappa shape index (κ1) is 16.8. The zero-order valence-corrected chi connectivity index (χ0v) is 13.7. The number of ether oxygens (including phenoxy) is 1. The maximum Gasteiger partial charge on any atom is 0.307 e. The van der Waals surface area contributed by atoms with Gasteiger partial charge in [-0.1, -0.05) is 24.3 Å². The van der Waals surface area contributed by atoms with Gasteiger partial charge < -0.3 is 9.84 Å². The number of imide groups is 1. The van der Waals surface area contributed by atoms with Crippen molar-refractivity contribution in [3.63, 3.8) is 0 Å². The van der Waals surface area contributed by atoms with Gasteiger partial charge in [0.15, 0.2) is 0 Å². The Morgan fingerprint density at radius 1 is 1.04 bits per heavy atom. The Hall–Kier alpha value is -3.06. The molecule has 126 valence electrons. The molecule has 0 aliphatic carbocycles. The Morgan fingerprint density at radius 3 is 2.16 bits per heavy atom. The number of thioether (sulfide) groups is 1. The first-order chi connectivity index (χ1) is 12.0. The van der Waals surface area contributed by atoms with Crippen LogP contribution in [0.2, 0.25) is 0 Å². The van der Waals surface area contributed by atoms with Crippen LogP contribution in [0.25, 0.3) is 6.08 Å². The van der Waals surface area contributed by atoms with Crippen LogP contribution in [0.5, 0.6) is 11.5 Å². The molecule has 0 atom stereocenters. The second-order valence-electron chi connectivity index (χ2n) is 5.24. The number of hydrogen-bond acceptors (Lipinski definition) is 5. The van der Waals surface area contributed by atoms with Gasteiger partial charge in [0.25, 0.3) is 11.1 Å². The number of benzene rings is 2. The maximum atomic E-state index is 11.5. The number of amides is 2. The largest absolute Gasteiger partial charge is 0.481 e. The molecule has 6 nitrogen and oxygen atoms in total. The van der Waals surface area contributed by atoms with Crippen molar-refractivity contribution in [1.82, 2.24) is 5.32 Å². The molecule has 2 aromatic carbocycles. The highest BCUT2D eigenvalue weighted by Crippen LogP contribution is 2.27. The van der Waals surface area contributed by atoms with Gasteiger partial charge in [0.2, 0.25) is 0 Å². The van der Waals surface area contributed by atoms with Crippen LogP contribution in [0.3, 0.4) is 0 Å². The highest BCUT2D eigenvalue weighted by molar-refractivity contribution is 8.18. The van der Waals surface area contributed by atoms with E-state index in [4.69, 9.17) is 9.84 Å². The fourth-order valence-corrected chi connectivity index (χ4v) is 2.87. The summed E-state index contributed by atoms with van der Waals surface area (Å²) in [5, 5.41) is 10.6. The van der Waals surface area contributed by atoms with Gasteiger partial charge in [-0.25, -0.2) is 0 Å². The molecule has 0 aromatic heterocycles. The lowest BCUT2D eigenvalue weighted by molar-refractivity contribution is -0.136. The summed E-state index contributed by atoms with van der Waals surface area (Å²) in [5.41, 5.74) is 1.47. The van der Waals surface area contributed by atoms with Crippen molar-refractivity contribution in [2.75, 3.05) is 0 Å². The molecule has 2 amide bonds. The van der Waals surface area contributed by atoms with E-state index in [-0.39, 0.29) is 11.7 Å². The molecular formula is C18H13NO5S. The Balaban J connectivity index is 1.66. The minimum absolute atomic E-state index is 0.0300. The van der Waals surface area contributed by atoms with Crippen LogP contribution in [-0.2, 0) is 16.0 Å². The van der Waals surface area contributed by atoms with Crippen LogP contribution in [0.1, 0.15) is 11.1 Å². The molecule has 1 aliphatic heterocycles. The smallest absolute Gasteiger partial charge is 0.307 e. The van der Waals surface area contributed by atoms with Gasteiger partial charge in [0, 0.05) is 0 Å². The monoisotopic (exact) mass is 355 g/mol. The van der Waals surface area contributed by atoms with Gasteiger partial charge >= 0.3 is 5.97 Å². The van der Waals surface area contributed by atoms with E-state index in [1.807, 2.05) is 0 Å². The first-order valence-electron chi connectivity index (χ1n) is 7.33. The van der Waals surface area contributed by atoms with Gasteiger partial charge in [0.1, 0.15) is 11.5 Å². The fourth-order valence-electron chi connectivity index (χ4n) is 2.19. The van der Waals surface area contributed by atoms with Crippen molar-refractivity contribution in [3.8, 4) is 11.5 Å². The lowest BCUT2D eigenvalue weighted by atomic mass is 10.1. The molecule has 0 radical (unpaired) electrons. The number of nitrogens with one attached hydrogen (secondary N) is 1. The molecule has 0 bridgehead atoms. The first-order valence-corrected chi connectivity index (χ1v) is 8.15. The van der Waals surface area contributed by atoms with Crippen molar-refractivity contribution in [3.05, 3.63) is 64.6 Å². The van der Waals surface area contributed by atoms with E-state index in [9.17, 15) is 14.4 Å². The van der Waals surface area contributed by atoms with E-state index >= 15 is 0 Å². The quantitative estimate of drug-likeness (QED) is 0.798. The molecule has 0 saturated carbocycles. The third-order valence-electron chi connectivity index (χ3n) is 3.33. The number of hydrogen-bond donors (Lipinski definition) is 2. The zero-order chi connectivity index (χ0) is 17.8. The van der Waals surface area contributed by atoms with Crippen molar-refractivity contribution >= 4 is 35.0 Å². The number of rotatable bonds is 5. The van der Waals surface area contributed by atoms with Crippen LogP contribution in [-0.4, -0.2) is 22.2 Å². The van der Waals surface area contributed by atoms with Gasteiger partial charge in [-0.3, -0.25) is 19.7 Å². The number of carboxylic acid groups (broad SMARTS) is 1. The third kappa shape index (κ3) is 4.48. The molecule has 1 fully saturated rings. The molecule has 2 N–H and O–H groups in total. The third-order valence-corrected chi connectivity index (χ3v) is 4.14. The van der Waals surface area contributed by atoms with Crippen LogP contribution in [0.15, 0.2) is 53.4 Å². The number of aliphatic carboxylic acids is 1. The number of carbonyl (C=O) groups excluding carboxylic acids is 2. The second-order valence-corrected chi connectivity index (χ2v) is 6.25. The molecule has 25 heavy (non-hydrogen) atoms. The number of carbonyl (C=O) groups is 3. The van der Waals surface area contributed by atoms with E-state index in [1.165, 1.54) is 0 Å². The minimum Gasteiger partial charge on any atom is -0.481 e. The van der Waals surface area contributed by atoms with Crippen LogP contribution in [0.4, 0.5) is 4.79 Å². The van der Waals surface area contributed by atoms with E-state index in [2.05, 4.69) is 5.32 Å². The molecule has 1 heterocycles. The van der Waals surface area contributed by atoms with Gasteiger partial charge in [0.05, 0.1) is 11.3 Å². The predicted octanol–water partition coefficient (Wildman–Crippen LogP) is 3.43. The van der Waals surface area contributed by atoms with Crippen LogP contribution < -0.4 is 10.1 Å². The molecular weight excluding hydrogens is 342 g/mol. The summed E-state index contributed by atoms with van der Waals surface area (Å²) in [6.45, 7) is 0. The number of carboxylic acids is 1. The average Bonchev–Trinajstić information content (AvgIpc) is 2.88. The summed E-state index contributed by atoms with van der Waals surface area (Å²) in [5.74, 6) is -0.0738. The zero-order valence-electron chi connectivity index (χ0n) is 12.9. The van der Waals surface area contributed by atoms with Gasteiger partial charge in [-0.2, -0.15) is 0 Å². The average molecular weight is 355 g/mol. The molecule has 0 spiro atoms. The minimum atomic E-state index is -0.880. The SMILES string of the molecule is O=C(O)Cc1ccc(Oc2ccc(/C=C3\SC(=O)NC3=O)cc2)cc1. The highest BCUT2D eigenvalue weighted by Gasteiger charge is 2.24. The van der Waals surface area contributed by atoms with Crippen LogP contribution >= 0.6 is 11.8 Å². The topological polar surface area (TPSA) is 92.7 Å². The molecule has 1 saturated heterocycles. The second kappa shape index (κ2) is 7.23. The molecule has 0 unspecified atom stereocenters. The Bertz CT molecular complexity index is 856. The van der Waals surface area contributed by atoms with E-state index in [0.717, 1.165) is 17.3 Å². The predicted molar refractivity (Wildman–Crippen MR) is 93.4 cm³/mol. The standard InChI is InChI=1S/C18H13NO5S/c20-16(21)10-12-3-7-14(8-4-12)24-13-5-1-11(2-6-13)9-15-17(22)19-18(23)25-15/h1-9H,10H2,(H,20,21)(H,19,22,23)/b15-9-. The van der Waals surface area contributed by atoms with Gasteiger partial charge in [-0.05, 0) is 53.2 Å². The summed E-state index contributed by atoms with van der Waals surface area (Å²) in [4.78, 5) is 33.7. The lowest BCUT2D eigenvalue weighted by Crippen LogP contribution is -2.17. The van der Waals surface area contributed by atoms with Crippen molar-refractivity contribution < 1.29 is 24.2 Å². The van der Waals surface area contributed by atoms with Crippen LogP contribution in [0, 0.1) is 0 Å². The molecule has 7 heteroatoms. The molecule has 1 aliphatic rings. The summed E-state index contributed by atoms with van der Waals surface area (Å²) in [6.07, 6.45) is 1.60. The Kier molecular flexibility index (Phi) is 4.85. The fraction of sp³-hybridized carbons (Fsp3) is 0.0556. The summed E-state index contributed by atoms with van der Waals surface area (Å²) in [6, 6.07) is 13.9. The normalized spacial score (nSPS) is 15.3.